The summed E-state index contributed by atoms with van der Waals surface area (Å²) in [7, 11) is 0. The van der Waals surface area contributed by atoms with Crippen molar-refractivity contribution < 1.29 is 18.7 Å². The first-order valence-electron chi connectivity index (χ1n) is 10.3. The average Bonchev–Trinajstić information content (AvgIpc) is 3.36. The molecule has 29 heavy (non-hydrogen) atoms. The van der Waals surface area contributed by atoms with E-state index in [1.54, 1.807) is 24.3 Å². The highest BCUT2D eigenvalue weighted by Crippen LogP contribution is 2.49. The van der Waals surface area contributed by atoms with Crippen LogP contribution in [0.3, 0.4) is 0 Å². The topological polar surface area (TPSA) is 55.4 Å². The molecule has 2 aliphatic carbocycles. The van der Waals surface area contributed by atoms with Gasteiger partial charge in [-0.15, -0.1) is 0 Å². The molecule has 1 N–H and O–H groups in total. The molecule has 2 fully saturated rings. The van der Waals surface area contributed by atoms with E-state index in [2.05, 4.69) is 12.2 Å². The first kappa shape index (κ1) is 19.6. The summed E-state index contributed by atoms with van der Waals surface area (Å²) >= 11 is 0. The van der Waals surface area contributed by atoms with E-state index in [0.29, 0.717) is 22.8 Å². The predicted molar refractivity (Wildman–Crippen MR) is 108 cm³/mol. The average molecular weight is 395 g/mol. The van der Waals surface area contributed by atoms with Crippen LogP contribution in [0.15, 0.2) is 48.5 Å². The Morgan fingerprint density at radius 3 is 2.28 bits per heavy atom. The van der Waals surface area contributed by atoms with Crippen molar-refractivity contribution in [1.29, 1.82) is 0 Å². The molecule has 1 amide bonds. The third-order valence-electron chi connectivity index (χ3n) is 6.42. The lowest BCUT2D eigenvalue weighted by Gasteiger charge is -2.28. The van der Waals surface area contributed by atoms with Gasteiger partial charge in [0.1, 0.15) is 11.6 Å². The lowest BCUT2D eigenvalue weighted by molar-refractivity contribution is -0.124. The Morgan fingerprint density at radius 1 is 1.03 bits per heavy atom. The molecule has 4 rings (SSSR count). The van der Waals surface area contributed by atoms with Crippen molar-refractivity contribution in [3.63, 3.8) is 0 Å². The Balaban J connectivity index is 1.27. The van der Waals surface area contributed by atoms with Gasteiger partial charge in [-0.2, -0.15) is 0 Å². The van der Waals surface area contributed by atoms with Crippen LogP contribution in [-0.4, -0.2) is 24.3 Å². The van der Waals surface area contributed by atoms with Crippen molar-refractivity contribution in [1.82, 2.24) is 5.32 Å². The standard InChI is InChI=1S/C24H26FNO3/c1-15(22-13-16-2-3-19(22)12-16)26-23(27)14-29-21-10-6-18(7-11-21)24(28)17-4-8-20(25)9-5-17/h4-11,15-16,19,22H,2-3,12-14H2,1H3,(H,26,27)/t15-,16-,19-,22+/m1/s1. The van der Waals surface area contributed by atoms with Gasteiger partial charge in [-0.1, -0.05) is 6.42 Å². The van der Waals surface area contributed by atoms with Gasteiger partial charge in [0.25, 0.3) is 5.91 Å². The molecule has 0 heterocycles. The molecule has 0 aliphatic heterocycles. The van der Waals surface area contributed by atoms with Crippen molar-refractivity contribution in [2.45, 2.75) is 38.6 Å². The zero-order valence-corrected chi connectivity index (χ0v) is 16.6. The second kappa shape index (κ2) is 8.36. The summed E-state index contributed by atoms with van der Waals surface area (Å²) in [5.74, 6) is 2.07. The number of fused-ring (bicyclic) bond motifs is 2. The van der Waals surface area contributed by atoms with Crippen LogP contribution in [0.25, 0.3) is 0 Å². The second-order valence-corrected chi connectivity index (χ2v) is 8.34. The first-order chi connectivity index (χ1) is 14.0. The minimum Gasteiger partial charge on any atom is -0.484 e. The van der Waals surface area contributed by atoms with E-state index in [0.717, 1.165) is 11.8 Å². The highest BCUT2D eigenvalue weighted by Gasteiger charge is 2.42. The minimum atomic E-state index is -0.377. The number of carbonyl (C=O) groups excluding carboxylic acids is 2. The molecule has 4 nitrogen and oxygen atoms in total. The Kier molecular flexibility index (Phi) is 5.65. The van der Waals surface area contributed by atoms with E-state index in [1.165, 1.54) is 49.9 Å². The molecule has 0 spiro atoms. The number of carbonyl (C=O) groups is 2. The number of benzene rings is 2. The molecular weight excluding hydrogens is 369 g/mol. The Labute approximate surface area is 170 Å². The van der Waals surface area contributed by atoms with Gasteiger partial charge in [0, 0.05) is 17.2 Å². The fourth-order valence-corrected chi connectivity index (χ4v) is 4.93. The molecule has 2 saturated carbocycles. The summed E-state index contributed by atoms with van der Waals surface area (Å²) in [6.07, 6.45) is 5.21. The smallest absolute Gasteiger partial charge is 0.258 e. The third-order valence-corrected chi connectivity index (χ3v) is 6.42. The third kappa shape index (κ3) is 4.50. The number of ether oxygens (including phenoxy) is 1. The first-order valence-corrected chi connectivity index (χ1v) is 10.3. The molecule has 2 aliphatic rings. The highest BCUT2D eigenvalue weighted by molar-refractivity contribution is 6.09. The largest absolute Gasteiger partial charge is 0.484 e. The van der Waals surface area contributed by atoms with Crippen molar-refractivity contribution in [2.24, 2.45) is 17.8 Å². The summed E-state index contributed by atoms with van der Waals surface area (Å²) in [4.78, 5) is 24.7. The van der Waals surface area contributed by atoms with Crippen LogP contribution in [0.2, 0.25) is 0 Å². The molecule has 4 atom stereocenters. The molecule has 152 valence electrons. The Morgan fingerprint density at radius 2 is 1.69 bits per heavy atom. The van der Waals surface area contributed by atoms with Gasteiger partial charge in [0.2, 0.25) is 0 Å². The summed E-state index contributed by atoms with van der Waals surface area (Å²) in [6, 6.07) is 12.3. The second-order valence-electron chi connectivity index (χ2n) is 8.34. The SMILES string of the molecule is C[C@@H](NC(=O)COc1ccc(C(=O)c2ccc(F)cc2)cc1)[C@@H]1C[C@@H]2CC[C@@H]1C2. The van der Waals surface area contributed by atoms with Gasteiger partial charge < -0.3 is 10.1 Å². The Bertz CT molecular complexity index is 878. The quantitative estimate of drug-likeness (QED) is 0.708. The van der Waals surface area contributed by atoms with Crippen LogP contribution in [0, 0.1) is 23.6 Å². The van der Waals surface area contributed by atoms with Crippen LogP contribution in [0.4, 0.5) is 4.39 Å². The van der Waals surface area contributed by atoms with Crippen LogP contribution in [0.1, 0.15) is 48.5 Å². The van der Waals surface area contributed by atoms with Crippen LogP contribution in [-0.2, 0) is 4.79 Å². The fourth-order valence-electron chi connectivity index (χ4n) is 4.93. The number of amides is 1. The number of ketones is 1. The number of halogens is 1. The van der Waals surface area contributed by atoms with Gasteiger partial charge in [-0.05, 0) is 92.5 Å². The van der Waals surface area contributed by atoms with Gasteiger partial charge in [0.15, 0.2) is 12.4 Å². The minimum absolute atomic E-state index is 0.0452. The van der Waals surface area contributed by atoms with Gasteiger partial charge in [-0.25, -0.2) is 4.39 Å². The molecule has 0 aromatic heterocycles. The summed E-state index contributed by atoms with van der Waals surface area (Å²) in [5.41, 5.74) is 0.910. The summed E-state index contributed by atoms with van der Waals surface area (Å²) < 4.78 is 18.6. The van der Waals surface area contributed by atoms with Gasteiger partial charge >= 0.3 is 0 Å². The van der Waals surface area contributed by atoms with Crippen LogP contribution >= 0.6 is 0 Å². The lowest BCUT2D eigenvalue weighted by Crippen LogP contribution is -2.42. The molecule has 2 aromatic rings. The molecule has 2 aromatic carbocycles. The molecule has 0 unspecified atom stereocenters. The van der Waals surface area contributed by atoms with Gasteiger partial charge in [-0.3, -0.25) is 9.59 Å². The van der Waals surface area contributed by atoms with E-state index in [9.17, 15) is 14.0 Å². The number of rotatable bonds is 7. The molecular formula is C24H26FNO3. The zero-order chi connectivity index (χ0) is 20.4. The van der Waals surface area contributed by atoms with E-state index in [1.807, 2.05) is 0 Å². The van der Waals surface area contributed by atoms with E-state index < -0.39 is 0 Å². The summed E-state index contributed by atoms with van der Waals surface area (Å²) in [5, 5.41) is 3.08. The van der Waals surface area contributed by atoms with E-state index >= 15 is 0 Å². The highest BCUT2D eigenvalue weighted by atomic mass is 19.1. The maximum absolute atomic E-state index is 13.0. The van der Waals surface area contributed by atoms with Crippen LogP contribution < -0.4 is 10.1 Å². The van der Waals surface area contributed by atoms with Crippen molar-refractivity contribution in [2.75, 3.05) is 6.61 Å². The summed E-state index contributed by atoms with van der Waals surface area (Å²) in [6.45, 7) is 2.05. The number of hydrogen-bond donors (Lipinski definition) is 1. The number of nitrogens with one attached hydrogen (secondary N) is 1. The van der Waals surface area contributed by atoms with E-state index in [-0.39, 0.29) is 30.2 Å². The van der Waals surface area contributed by atoms with Crippen LogP contribution in [0.5, 0.6) is 5.75 Å². The molecule has 2 bridgehead atoms. The van der Waals surface area contributed by atoms with Crippen molar-refractivity contribution >= 4 is 11.7 Å². The zero-order valence-electron chi connectivity index (χ0n) is 16.6. The Hall–Kier alpha value is -2.69. The van der Waals surface area contributed by atoms with E-state index in [4.69, 9.17) is 4.74 Å². The van der Waals surface area contributed by atoms with Crippen molar-refractivity contribution in [3.05, 3.63) is 65.5 Å². The maximum Gasteiger partial charge on any atom is 0.258 e. The van der Waals surface area contributed by atoms with Crippen molar-refractivity contribution in [3.8, 4) is 5.75 Å². The fraction of sp³-hybridized carbons (Fsp3) is 0.417. The number of hydrogen-bond acceptors (Lipinski definition) is 3. The molecule has 5 heteroatoms. The lowest BCUT2D eigenvalue weighted by atomic mass is 9.84. The monoisotopic (exact) mass is 395 g/mol. The molecule has 0 saturated heterocycles. The predicted octanol–water partition coefficient (Wildman–Crippen LogP) is 4.38. The molecule has 0 radical (unpaired) electrons. The van der Waals surface area contributed by atoms with Gasteiger partial charge in [0.05, 0.1) is 0 Å². The maximum atomic E-state index is 13.0. The normalized spacial score (nSPS) is 23.6.